The Morgan fingerprint density at radius 1 is 1.09 bits per heavy atom. The first-order valence-electron chi connectivity index (χ1n) is 6.65. The number of carbonyl (C=O) groups excluding carboxylic acids is 3. The zero-order valence-electron chi connectivity index (χ0n) is 12.4. The topological polar surface area (TPSA) is 90.9 Å². The molecule has 0 aliphatic carbocycles. The molecule has 23 heavy (non-hydrogen) atoms. The molecule has 0 aromatic heterocycles. The first-order valence-corrected chi connectivity index (χ1v) is 6.65. The van der Waals surface area contributed by atoms with Gasteiger partial charge in [-0.15, -0.1) is 0 Å². The van der Waals surface area contributed by atoms with Crippen molar-refractivity contribution in [3.63, 3.8) is 0 Å². The quantitative estimate of drug-likeness (QED) is 0.448. The molecule has 122 valence electrons. The molecular formula is C16H17NO6. The van der Waals surface area contributed by atoms with Gasteiger partial charge in [0, 0.05) is 0 Å². The van der Waals surface area contributed by atoms with Crippen molar-refractivity contribution in [2.75, 3.05) is 0 Å². The van der Waals surface area contributed by atoms with E-state index in [4.69, 9.17) is 4.74 Å². The van der Waals surface area contributed by atoms with Crippen LogP contribution in [0.1, 0.15) is 12.0 Å². The Labute approximate surface area is 133 Å². The van der Waals surface area contributed by atoms with Crippen molar-refractivity contribution >= 4 is 18.0 Å². The van der Waals surface area contributed by atoms with Crippen molar-refractivity contribution in [3.8, 4) is 0 Å². The fourth-order valence-electron chi connectivity index (χ4n) is 1.57. The predicted molar refractivity (Wildman–Crippen MR) is 80.7 cm³/mol. The molecule has 0 bridgehead atoms. The van der Waals surface area contributed by atoms with Crippen molar-refractivity contribution in [1.82, 2.24) is 5.32 Å². The van der Waals surface area contributed by atoms with Gasteiger partial charge in [0.05, 0.1) is 18.9 Å². The summed E-state index contributed by atoms with van der Waals surface area (Å²) in [5.41, 5.74) is 0.777. The summed E-state index contributed by atoms with van der Waals surface area (Å²) in [6, 6.07) is 7.72. The fourth-order valence-corrected chi connectivity index (χ4v) is 1.57. The second-order valence-electron chi connectivity index (χ2n) is 4.22. The van der Waals surface area contributed by atoms with Crippen molar-refractivity contribution < 1.29 is 28.6 Å². The van der Waals surface area contributed by atoms with E-state index in [2.05, 4.69) is 27.9 Å². The van der Waals surface area contributed by atoms with Gasteiger partial charge >= 0.3 is 18.0 Å². The molecule has 0 saturated heterocycles. The first-order chi connectivity index (χ1) is 11.1. The second-order valence-corrected chi connectivity index (χ2v) is 4.22. The van der Waals surface area contributed by atoms with Crippen LogP contribution in [0.5, 0.6) is 0 Å². The molecule has 0 unspecified atom stereocenters. The number of esters is 2. The lowest BCUT2D eigenvalue weighted by Gasteiger charge is -2.15. The van der Waals surface area contributed by atoms with E-state index in [-0.39, 0.29) is 6.61 Å². The number of alkyl carbamates (subject to hydrolysis) is 1. The first kappa shape index (κ1) is 18.0. The van der Waals surface area contributed by atoms with Crippen molar-refractivity contribution in [2.45, 2.75) is 19.1 Å². The van der Waals surface area contributed by atoms with Crippen LogP contribution in [-0.2, 0) is 30.4 Å². The Morgan fingerprint density at radius 2 is 1.74 bits per heavy atom. The maximum atomic E-state index is 11.7. The fraction of sp³-hybridized carbons (Fsp3) is 0.188. The number of amides is 1. The Morgan fingerprint density at radius 3 is 2.35 bits per heavy atom. The number of hydrogen-bond donors (Lipinski definition) is 1. The van der Waals surface area contributed by atoms with E-state index in [1.165, 1.54) is 0 Å². The lowest BCUT2D eigenvalue weighted by Crippen LogP contribution is -2.43. The van der Waals surface area contributed by atoms with Crippen LogP contribution in [0.15, 0.2) is 56.0 Å². The second kappa shape index (κ2) is 9.78. The van der Waals surface area contributed by atoms with Crippen LogP contribution in [0.2, 0.25) is 0 Å². The highest BCUT2D eigenvalue weighted by Crippen LogP contribution is 2.03. The number of nitrogens with one attached hydrogen (secondary N) is 1. The van der Waals surface area contributed by atoms with Crippen LogP contribution in [0.4, 0.5) is 4.79 Å². The van der Waals surface area contributed by atoms with Crippen molar-refractivity contribution in [1.29, 1.82) is 0 Å². The van der Waals surface area contributed by atoms with Gasteiger partial charge in [-0.05, 0) is 5.56 Å². The SMILES string of the molecule is C=COC(=O)C[C@H](NC(=O)OCc1ccccc1)C(=O)OC=C. The molecule has 0 saturated carbocycles. The van der Waals surface area contributed by atoms with Crippen LogP contribution in [0.25, 0.3) is 0 Å². The van der Waals surface area contributed by atoms with Gasteiger partial charge in [0.15, 0.2) is 0 Å². The average Bonchev–Trinajstić information content (AvgIpc) is 2.54. The minimum atomic E-state index is -1.26. The summed E-state index contributed by atoms with van der Waals surface area (Å²) < 4.78 is 14.1. The van der Waals surface area contributed by atoms with Crippen LogP contribution < -0.4 is 5.32 Å². The van der Waals surface area contributed by atoms with E-state index in [1.54, 1.807) is 24.3 Å². The molecule has 1 aromatic carbocycles. The third kappa shape index (κ3) is 6.94. The van der Waals surface area contributed by atoms with Gasteiger partial charge in [0.2, 0.25) is 0 Å². The summed E-state index contributed by atoms with van der Waals surface area (Å²) in [4.78, 5) is 34.8. The molecule has 0 spiro atoms. The highest BCUT2D eigenvalue weighted by atomic mass is 16.6. The van der Waals surface area contributed by atoms with E-state index in [0.29, 0.717) is 0 Å². The van der Waals surface area contributed by atoms with E-state index in [9.17, 15) is 14.4 Å². The third-order valence-corrected chi connectivity index (χ3v) is 2.57. The third-order valence-electron chi connectivity index (χ3n) is 2.57. The molecule has 1 amide bonds. The van der Waals surface area contributed by atoms with E-state index in [0.717, 1.165) is 18.1 Å². The highest BCUT2D eigenvalue weighted by Gasteiger charge is 2.26. The van der Waals surface area contributed by atoms with Crippen molar-refractivity contribution in [3.05, 3.63) is 61.6 Å². The molecule has 1 N–H and O–H groups in total. The monoisotopic (exact) mass is 319 g/mol. The van der Waals surface area contributed by atoms with Crippen molar-refractivity contribution in [2.24, 2.45) is 0 Å². The summed E-state index contributed by atoms with van der Waals surface area (Å²) in [7, 11) is 0. The lowest BCUT2D eigenvalue weighted by molar-refractivity contribution is -0.146. The Kier molecular flexibility index (Phi) is 7.63. The molecule has 0 heterocycles. The summed E-state index contributed by atoms with van der Waals surface area (Å²) in [6.07, 6.45) is 0.516. The van der Waals surface area contributed by atoms with Gasteiger partial charge < -0.3 is 19.5 Å². The maximum absolute atomic E-state index is 11.7. The number of ether oxygens (including phenoxy) is 3. The molecule has 1 rings (SSSR count). The van der Waals surface area contributed by atoms with Gasteiger partial charge in [-0.1, -0.05) is 43.5 Å². The van der Waals surface area contributed by atoms with E-state index >= 15 is 0 Å². The summed E-state index contributed by atoms with van der Waals surface area (Å²) in [5, 5.41) is 2.24. The smallest absolute Gasteiger partial charge is 0.408 e. The van der Waals surface area contributed by atoms with E-state index in [1.807, 2.05) is 6.07 Å². The Hall–Kier alpha value is -3.09. The molecule has 1 atom stereocenters. The molecule has 7 nitrogen and oxygen atoms in total. The minimum Gasteiger partial charge on any atom is -0.445 e. The number of hydrogen-bond acceptors (Lipinski definition) is 6. The van der Waals surface area contributed by atoms with Gasteiger partial charge in [0.25, 0.3) is 0 Å². The van der Waals surface area contributed by atoms with Crippen LogP contribution in [0, 0.1) is 0 Å². The van der Waals surface area contributed by atoms with Crippen LogP contribution in [0.3, 0.4) is 0 Å². The summed E-state index contributed by atoms with van der Waals surface area (Å²) in [6.45, 7) is 6.48. The average molecular weight is 319 g/mol. The van der Waals surface area contributed by atoms with Gasteiger partial charge in [-0.25, -0.2) is 9.59 Å². The summed E-state index contributed by atoms with van der Waals surface area (Å²) in [5.74, 6) is -1.62. The molecule has 0 aliphatic rings. The molecule has 0 radical (unpaired) electrons. The highest BCUT2D eigenvalue weighted by molar-refractivity contribution is 5.86. The molecule has 1 aromatic rings. The van der Waals surface area contributed by atoms with Gasteiger partial charge in [-0.3, -0.25) is 4.79 Å². The van der Waals surface area contributed by atoms with Crippen LogP contribution in [-0.4, -0.2) is 24.1 Å². The van der Waals surface area contributed by atoms with Gasteiger partial charge in [0.1, 0.15) is 12.6 Å². The Bertz CT molecular complexity index is 569. The van der Waals surface area contributed by atoms with Crippen LogP contribution >= 0.6 is 0 Å². The predicted octanol–water partition coefficient (Wildman–Crippen LogP) is 2.04. The van der Waals surface area contributed by atoms with Gasteiger partial charge in [-0.2, -0.15) is 0 Å². The zero-order chi connectivity index (χ0) is 17.1. The molecule has 0 fully saturated rings. The molecular weight excluding hydrogens is 302 g/mol. The number of carbonyl (C=O) groups is 3. The minimum absolute atomic E-state index is 0.0208. The maximum Gasteiger partial charge on any atom is 0.408 e. The number of benzene rings is 1. The summed E-state index contributed by atoms with van der Waals surface area (Å²) >= 11 is 0. The Balaban J connectivity index is 2.58. The zero-order valence-corrected chi connectivity index (χ0v) is 12.4. The standard InChI is InChI=1S/C16H17NO6/c1-3-21-14(18)10-13(15(19)22-4-2)17-16(20)23-11-12-8-6-5-7-9-12/h3-9,13H,1-2,10-11H2,(H,17,20)/t13-/m0/s1. The largest absolute Gasteiger partial charge is 0.445 e. The van der Waals surface area contributed by atoms with E-state index < -0.39 is 30.5 Å². The normalized spacial score (nSPS) is 10.8. The molecule has 0 aliphatic heterocycles. The molecule has 7 heteroatoms. The lowest BCUT2D eigenvalue weighted by atomic mass is 10.2. The number of rotatable bonds is 8.